The third kappa shape index (κ3) is 5.34. The van der Waals surface area contributed by atoms with Gasteiger partial charge in [-0.15, -0.1) is 0 Å². The normalized spacial score (nSPS) is 15.1. The van der Waals surface area contributed by atoms with Crippen LogP contribution in [0.15, 0.2) is 121 Å². The molecule has 1 saturated carbocycles. The highest BCUT2D eigenvalue weighted by Crippen LogP contribution is 2.59. The fraction of sp³-hybridized carbons (Fsp3) is 0.273. The molecular weight excluding hydrogens is 490 g/mol. The molecule has 4 heteroatoms. The summed E-state index contributed by atoms with van der Waals surface area (Å²) in [6, 6.07) is 39.9. The minimum absolute atomic E-state index is 0.362. The molecule has 0 unspecified atom stereocenters. The molecule has 0 aliphatic heterocycles. The Bertz CT molecular complexity index is 1190. The predicted molar refractivity (Wildman–Crippen MR) is 159 cm³/mol. The Morgan fingerprint density at radius 1 is 0.541 bits per heavy atom. The number of hydrogen-bond donors (Lipinski definition) is 0. The van der Waals surface area contributed by atoms with Gasteiger partial charge in [0.1, 0.15) is 14.3 Å². The molecule has 1 aliphatic rings. The fourth-order valence-corrected chi connectivity index (χ4v) is 13.2. The van der Waals surface area contributed by atoms with Crippen LogP contribution in [0.3, 0.4) is 0 Å². The Labute approximate surface area is 221 Å². The van der Waals surface area contributed by atoms with Crippen LogP contribution in [0, 0.1) is 11.3 Å². The summed E-state index contributed by atoms with van der Waals surface area (Å²) in [6.07, 6.45) is 5.60. The molecule has 0 amide bonds. The van der Waals surface area contributed by atoms with Crippen LogP contribution in [0.1, 0.15) is 32.6 Å². The highest BCUT2D eigenvalue weighted by molar-refractivity contribution is 7.79. The lowest BCUT2D eigenvalue weighted by Gasteiger charge is -2.41. The molecule has 0 radical (unpaired) electrons. The molecule has 1 aliphatic carbocycles. The van der Waals surface area contributed by atoms with Crippen molar-refractivity contribution in [1.82, 2.24) is 0 Å². The maximum Gasteiger partial charge on any atom is 0.143 e. The van der Waals surface area contributed by atoms with Gasteiger partial charge in [-0.3, -0.25) is 0 Å². The van der Waals surface area contributed by atoms with Crippen LogP contribution in [-0.4, -0.2) is 12.3 Å². The summed E-state index contributed by atoms with van der Waals surface area (Å²) in [4.78, 5) is 0. The second kappa shape index (κ2) is 11.0. The van der Waals surface area contributed by atoms with E-state index < -0.39 is 14.3 Å². The molecule has 0 aromatic heterocycles. The number of benzene rings is 4. The van der Waals surface area contributed by atoms with Crippen molar-refractivity contribution >= 4 is 35.5 Å². The Balaban J connectivity index is 1.65. The largest absolute Gasteiger partial charge is 0.314 e. The van der Waals surface area contributed by atoms with Gasteiger partial charge in [0.05, 0.1) is 0 Å². The maximum atomic E-state index is 15.3. The average molecular weight is 527 g/mol. The zero-order chi connectivity index (χ0) is 25.8. The third-order valence-electron chi connectivity index (χ3n) is 8.20. The van der Waals surface area contributed by atoms with Crippen LogP contribution in [0.5, 0.6) is 0 Å². The monoisotopic (exact) mass is 526 g/mol. The van der Waals surface area contributed by atoms with E-state index in [0.29, 0.717) is 18.2 Å². The second-order valence-electron chi connectivity index (χ2n) is 10.8. The molecule has 4 aromatic carbocycles. The van der Waals surface area contributed by atoms with Crippen molar-refractivity contribution in [3.05, 3.63) is 121 Å². The summed E-state index contributed by atoms with van der Waals surface area (Å²) in [7, 11) is -5.98. The number of hydrogen-bond acceptors (Lipinski definition) is 2. The summed E-state index contributed by atoms with van der Waals surface area (Å²) >= 11 is 0. The van der Waals surface area contributed by atoms with E-state index in [9.17, 15) is 0 Å². The minimum atomic E-state index is -2.99. The van der Waals surface area contributed by atoms with Gasteiger partial charge in [0, 0.05) is 33.5 Å². The molecule has 0 saturated heterocycles. The summed E-state index contributed by atoms with van der Waals surface area (Å²) in [5.74, 6) is 0.383. The first-order chi connectivity index (χ1) is 17.9. The van der Waals surface area contributed by atoms with Gasteiger partial charge in [0.25, 0.3) is 0 Å². The first-order valence-electron chi connectivity index (χ1n) is 13.3. The molecule has 0 heterocycles. The smallest absolute Gasteiger partial charge is 0.143 e. The van der Waals surface area contributed by atoms with Gasteiger partial charge in [0.15, 0.2) is 0 Å². The summed E-state index contributed by atoms with van der Waals surface area (Å²) in [6.45, 7) is 2.28. The van der Waals surface area contributed by atoms with Gasteiger partial charge >= 0.3 is 0 Å². The summed E-state index contributed by atoms with van der Waals surface area (Å²) < 4.78 is 30.5. The molecule has 2 nitrogen and oxygen atoms in total. The van der Waals surface area contributed by atoms with Crippen LogP contribution in [0.25, 0.3) is 0 Å². The van der Waals surface area contributed by atoms with Gasteiger partial charge < -0.3 is 9.13 Å². The minimum Gasteiger partial charge on any atom is -0.314 e. The lowest BCUT2D eigenvalue weighted by molar-refractivity contribution is 0.253. The zero-order valence-corrected chi connectivity index (χ0v) is 23.4. The molecular formula is C33H36O2P2. The maximum absolute atomic E-state index is 15.3. The first kappa shape index (κ1) is 26.0. The van der Waals surface area contributed by atoms with Crippen LogP contribution >= 0.6 is 14.3 Å². The van der Waals surface area contributed by atoms with E-state index in [4.69, 9.17) is 0 Å². The Kier molecular flexibility index (Phi) is 7.71. The van der Waals surface area contributed by atoms with Gasteiger partial charge in [-0.1, -0.05) is 141 Å². The van der Waals surface area contributed by atoms with E-state index in [-0.39, 0.29) is 5.41 Å². The Morgan fingerprint density at radius 3 is 1.08 bits per heavy atom. The molecule has 1 fully saturated rings. The molecule has 0 atom stereocenters. The van der Waals surface area contributed by atoms with Crippen molar-refractivity contribution in [2.45, 2.75) is 32.6 Å². The topological polar surface area (TPSA) is 34.1 Å². The zero-order valence-electron chi connectivity index (χ0n) is 21.6. The van der Waals surface area contributed by atoms with Gasteiger partial charge in [-0.25, -0.2) is 0 Å². The number of rotatable bonds is 9. The van der Waals surface area contributed by atoms with Crippen LogP contribution in [0.4, 0.5) is 0 Å². The SMILES string of the molecule is CC(CP(=O)(c1ccccc1)c1ccccc1)(CP(=O)(c1ccccc1)c1ccccc1)C1CCCC1. The molecule has 0 N–H and O–H groups in total. The van der Waals surface area contributed by atoms with Crippen LogP contribution in [0.2, 0.25) is 0 Å². The quantitative estimate of drug-likeness (QED) is 0.216. The van der Waals surface area contributed by atoms with E-state index in [1.807, 2.05) is 121 Å². The fourth-order valence-electron chi connectivity index (χ4n) is 6.29. The highest BCUT2D eigenvalue weighted by atomic mass is 31.2. The van der Waals surface area contributed by atoms with Gasteiger partial charge in [0.2, 0.25) is 0 Å². The van der Waals surface area contributed by atoms with E-state index in [2.05, 4.69) is 6.92 Å². The van der Waals surface area contributed by atoms with Crippen molar-refractivity contribution in [2.75, 3.05) is 12.3 Å². The van der Waals surface area contributed by atoms with E-state index in [1.165, 1.54) is 12.8 Å². The standard InChI is InChI=1S/C33H36O2P2/c1-33(28-16-14-15-17-28,26-36(34,29-18-6-2-7-19-29)30-20-8-3-9-21-30)27-37(35,31-22-10-4-11-23-31)32-24-12-5-13-25-32/h2-13,18-25,28H,14-17,26-27H2,1H3. The Hall–Kier alpha value is -2.66. The lowest BCUT2D eigenvalue weighted by Crippen LogP contribution is -2.39. The van der Waals surface area contributed by atoms with Crippen LogP contribution in [-0.2, 0) is 9.13 Å². The van der Waals surface area contributed by atoms with Crippen molar-refractivity contribution < 1.29 is 9.13 Å². The van der Waals surface area contributed by atoms with Crippen molar-refractivity contribution in [3.63, 3.8) is 0 Å². The van der Waals surface area contributed by atoms with Crippen LogP contribution < -0.4 is 21.2 Å². The average Bonchev–Trinajstić information content (AvgIpc) is 3.51. The van der Waals surface area contributed by atoms with Crippen molar-refractivity contribution in [2.24, 2.45) is 11.3 Å². The highest BCUT2D eigenvalue weighted by Gasteiger charge is 2.47. The van der Waals surface area contributed by atoms with Gasteiger partial charge in [-0.05, 0) is 24.2 Å². The molecule has 0 spiro atoms. The summed E-state index contributed by atoms with van der Waals surface area (Å²) in [5.41, 5.74) is -0.362. The second-order valence-corrected chi connectivity index (χ2v) is 16.4. The third-order valence-corrected chi connectivity index (χ3v) is 15.1. The Morgan fingerprint density at radius 2 is 0.811 bits per heavy atom. The van der Waals surface area contributed by atoms with E-state index in [1.54, 1.807) is 0 Å². The van der Waals surface area contributed by atoms with Crippen molar-refractivity contribution in [3.8, 4) is 0 Å². The molecule has 5 rings (SSSR count). The van der Waals surface area contributed by atoms with Crippen molar-refractivity contribution in [1.29, 1.82) is 0 Å². The van der Waals surface area contributed by atoms with E-state index in [0.717, 1.165) is 34.1 Å². The predicted octanol–water partition coefficient (Wildman–Crippen LogP) is 7.21. The van der Waals surface area contributed by atoms with E-state index >= 15 is 9.13 Å². The first-order valence-corrected chi connectivity index (χ1v) is 17.1. The van der Waals surface area contributed by atoms with Gasteiger partial charge in [-0.2, -0.15) is 0 Å². The molecule has 4 aromatic rings. The molecule has 37 heavy (non-hydrogen) atoms. The summed E-state index contributed by atoms with van der Waals surface area (Å²) in [5, 5.41) is 3.55. The molecule has 190 valence electrons. The lowest BCUT2D eigenvalue weighted by atomic mass is 9.79. The molecule has 0 bridgehead atoms.